The summed E-state index contributed by atoms with van der Waals surface area (Å²) in [6, 6.07) is 5.23. The van der Waals surface area contributed by atoms with Crippen molar-refractivity contribution in [2.24, 2.45) is 5.92 Å². The summed E-state index contributed by atoms with van der Waals surface area (Å²) >= 11 is 0. The molecule has 21 heavy (non-hydrogen) atoms. The highest BCUT2D eigenvalue weighted by atomic mass is 16.5. The van der Waals surface area contributed by atoms with Crippen LogP contribution in [0.1, 0.15) is 38.4 Å². The number of esters is 1. The first-order valence-electron chi connectivity index (χ1n) is 7.16. The first-order valence-corrected chi connectivity index (χ1v) is 7.16. The van der Waals surface area contributed by atoms with Crippen LogP contribution in [-0.4, -0.2) is 31.9 Å². The molecule has 0 radical (unpaired) electrons. The summed E-state index contributed by atoms with van der Waals surface area (Å²) in [6.45, 7) is 4.00. The Bertz CT molecular complexity index is 458. The van der Waals surface area contributed by atoms with Gasteiger partial charge >= 0.3 is 5.97 Å². The monoisotopic (exact) mass is 296 g/mol. The van der Waals surface area contributed by atoms with E-state index in [0.717, 1.165) is 6.42 Å². The Morgan fingerprint density at radius 1 is 1.24 bits per heavy atom. The van der Waals surface area contributed by atoms with E-state index < -0.39 is 18.0 Å². The van der Waals surface area contributed by atoms with Crippen LogP contribution >= 0.6 is 0 Å². The molecule has 1 aromatic rings. The smallest absolute Gasteiger partial charge is 0.311 e. The van der Waals surface area contributed by atoms with Crippen molar-refractivity contribution in [2.45, 2.75) is 32.8 Å². The Morgan fingerprint density at radius 3 is 2.48 bits per heavy atom. The van der Waals surface area contributed by atoms with Crippen LogP contribution in [0.3, 0.4) is 0 Å². The van der Waals surface area contributed by atoms with E-state index >= 15 is 0 Å². The van der Waals surface area contributed by atoms with E-state index in [1.54, 1.807) is 25.1 Å². The van der Waals surface area contributed by atoms with Gasteiger partial charge in [-0.1, -0.05) is 25.5 Å². The number of rotatable bonds is 8. The molecule has 2 unspecified atom stereocenters. The van der Waals surface area contributed by atoms with Crippen LogP contribution in [-0.2, 0) is 9.53 Å². The lowest BCUT2D eigenvalue weighted by molar-refractivity contribution is -0.152. The zero-order valence-electron chi connectivity index (χ0n) is 13.1. The lowest BCUT2D eigenvalue weighted by Gasteiger charge is -2.23. The third kappa shape index (κ3) is 4.11. The Balaban J connectivity index is 3.13. The maximum absolute atomic E-state index is 12.0. The Kier molecular flexibility index (Phi) is 7.02. The van der Waals surface area contributed by atoms with Crippen LogP contribution in [0.15, 0.2) is 18.2 Å². The van der Waals surface area contributed by atoms with Gasteiger partial charge in [0.1, 0.15) is 0 Å². The van der Waals surface area contributed by atoms with E-state index in [1.165, 1.54) is 14.2 Å². The minimum absolute atomic E-state index is 0.293. The molecule has 5 nitrogen and oxygen atoms in total. The number of para-hydroxylation sites is 1. The molecule has 0 fully saturated rings. The summed E-state index contributed by atoms with van der Waals surface area (Å²) in [5, 5.41) is 10.6. The van der Waals surface area contributed by atoms with Gasteiger partial charge in [0, 0.05) is 5.56 Å². The van der Waals surface area contributed by atoms with Crippen LogP contribution in [0.4, 0.5) is 0 Å². The van der Waals surface area contributed by atoms with Crippen molar-refractivity contribution < 1.29 is 24.1 Å². The van der Waals surface area contributed by atoms with Gasteiger partial charge in [0.15, 0.2) is 11.5 Å². The topological polar surface area (TPSA) is 65.0 Å². The summed E-state index contributed by atoms with van der Waals surface area (Å²) in [4.78, 5) is 12.0. The van der Waals surface area contributed by atoms with Gasteiger partial charge in [-0.2, -0.15) is 0 Å². The molecule has 0 spiro atoms. The second kappa shape index (κ2) is 8.52. The fraction of sp³-hybridized carbons (Fsp3) is 0.562. The fourth-order valence-corrected chi connectivity index (χ4v) is 2.33. The van der Waals surface area contributed by atoms with Crippen LogP contribution in [0.2, 0.25) is 0 Å². The van der Waals surface area contributed by atoms with Crippen molar-refractivity contribution >= 4 is 5.97 Å². The Morgan fingerprint density at radius 2 is 1.95 bits per heavy atom. The molecule has 0 amide bonds. The Hall–Kier alpha value is -1.75. The molecule has 0 aliphatic carbocycles. The predicted molar refractivity (Wildman–Crippen MR) is 79.5 cm³/mol. The van der Waals surface area contributed by atoms with Crippen LogP contribution in [0.25, 0.3) is 0 Å². The number of hydrogen-bond donors (Lipinski definition) is 1. The van der Waals surface area contributed by atoms with Crippen molar-refractivity contribution in [3.05, 3.63) is 23.8 Å². The molecular formula is C16H24O5. The number of carbonyl (C=O) groups is 1. The van der Waals surface area contributed by atoms with Crippen molar-refractivity contribution in [1.29, 1.82) is 0 Å². The minimum Gasteiger partial charge on any atom is -0.493 e. The Labute approximate surface area is 125 Å². The second-order valence-corrected chi connectivity index (χ2v) is 4.67. The quantitative estimate of drug-likeness (QED) is 0.747. The number of ether oxygens (including phenoxy) is 3. The van der Waals surface area contributed by atoms with Crippen molar-refractivity contribution in [3.63, 3.8) is 0 Å². The molecule has 0 saturated carbocycles. The molecule has 0 aromatic heterocycles. The van der Waals surface area contributed by atoms with E-state index in [1.807, 2.05) is 6.92 Å². The van der Waals surface area contributed by atoms with Crippen LogP contribution < -0.4 is 9.47 Å². The van der Waals surface area contributed by atoms with Gasteiger partial charge in [-0.15, -0.1) is 0 Å². The van der Waals surface area contributed by atoms with E-state index in [4.69, 9.17) is 14.2 Å². The van der Waals surface area contributed by atoms with Gasteiger partial charge in [0.25, 0.3) is 0 Å². The van der Waals surface area contributed by atoms with Gasteiger partial charge in [0.2, 0.25) is 0 Å². The molecule has 0 bridgehead atoms. The van der Waals surface area contributed by atoms with Gasteiger partial charge in [-0.25, -0.2) is 0 Å². The van der Waals surface area contributed by atoms with Crippen molar-refractivity contribution in [2.75, 3.05) is 20.8 Å². The largest absolute Gasteiger partial charge is 0.493 e. The molecule has 0 heterocycles. The van der Waals surface area contributed by atoms with Gasteiger partial charge in [-0.05, 0) is 19.4 Å². The molecule has 118 valence electrons. The summed E-state index contributed by atoms with van der Waals surface area (Å²) in [5.41, 5.74) is 0.531. The summed E-state index contributed by atoms with van der Waals surface area (Å²) in [5.74, 6) is -0.0428. The molecule has 0 aliphatic heterocycles. The molecule has 0 saturated heterocycles. The lowest BCUT2D eigenvalue weighted by Crippen LogP contribution is -2.25. The number of benzene rings is 1. The molecule has 0 aliphatic rings. The standard InChI is InChI=1S/C16H24O5/c1-5-8-12(16(18)21-6-2)14(17)11-9-7-10-13(19-3)15(11)20-4/h7,9-10,12,14,17H,5-6,8H2,1-4H3. The average molecular weight is 296 g/mol. The highest BCUT2D eigenvalue weighted by Gasteiger charge is 2.31. The fourth-order valence-electron chi connectivity index (χ4n) is 2.33. The van der Waals surface area contributed by atoms with Crippen LogP contribution in [0.5, 0.6) is 11.5 Å². The minimum atomic E-state index is -0.992. The third-order valence-corrected chi connectivity index (χ3v) is 3.32. The molecule has 1 rings (SSSR count). The zero-order chi connectivity index (χ0) is 15.8. The van der Waals surface area contributed by atoms with Crippen molar-refractivity contribution in [3.8, 4) is 11.5 Å². The zero-order valence-corrected chi connectivity index (χ0v) is 13.1. The second-order valence-electron chi connectivity index (χ2n) is 4.67. The first-order chi connectivity index (χ1) is 10.1. The number of aliphatic hydroxyl groups is 1. The van der Waals surface area contributed by atoms with E-state index in [0.29, 0.717) is 30.1 Å². The summed E-state index contributed by atoms with van der Waals surface area (Å²) < 4.78 is 15.6. The molecule has 2 atom stereocenters. The molecule has 1 N–H and O–H groups in total. The van der Waals surface area contributed by atoms with Gasteiger partial charge in [-0.3, -0.25) is 4.79 Å². The van der Waals surface area contributed by atoms with Crippen LogP contribution in [0, 0.1) is 5.92 Å². The lowest BCUT2D eigenvalue weighted by atomic mass is 9.91. The predicted octanol–water partition coefficient (Wildman–Crippen LogP) is 2.72. The number of hydrogen-bond acceptors (Lipinski definition) is 5. The molecule has 1 aromatic carbocycles. The van der Waals surface area contributed by atoms with Crippen molar-refractivity contribution in [1.82, 2.24) is 0 Å². The highest BCUT2D eigenvalue weighted by Crippen LogP contribution is 2.38. The normalized spacial score (nSPS) is 13.4. The number of carbonyl (C=O) groups excluding carboxylic acids is 1. The van der Waals surface area contributed by atoms with E-state index in [-0.39, 0.29) is 0 Å². The third-order valence-electron chi connectivity index (χ3n) is 3.32. The summed E-state index contributed by atoms with van der Waals surface area (Å²) in [7, 11) is 3.04. The summed E-state index contributed by atoms with van der Waals surface area (Å²) in [6.07, 6.45) is 0.321. The SMILES string of the molecule is CCCC(C(=O)OCC)C(O)c1cccc(OC)c1OC. The number of aliphatic hydroxyl groups excluding tert-OH is 1. The molecule has 5 heteroatoms. The molecular weight excluding hydrogens is 272 g/mol. The highest BCUT2D eigenvalue weighted by molar-refractivity contribution is 5.73. The number of methoxy groups -OCH3 is 2. The average Bonchev–Trinajstić information content (AvgIpc) is 2.51. The van der Waals surface area contributed by atoms with E-state index in [2.05, 4.69) is 0 Å². The van der Waals surface area contributed by atoms with E-state index in [9.17, 15) is 9.90 Å². The first kappa shape index (κ1) is 17.3. The van der Waals surface area contributed by atoms with Gasteiger partial charge in [0.05, 0.1) is 32.8 Å². The maximum atomic E-state index is 12.0. The maximum Gasteiger partial charge on any atom is 0.311 e. The van der Waals surface area contributed by atoms with Gasteiger partial charge < -0.3 is 19.3 Å².